The fourth-order valence-corrected chi connectivity index (χ4v) is 1.81. The standard InChI is InChI=1S/C11H19N3/c1-7(2)10(13-4)9-8(3)5-6-14-11(9)12/h5-7,10,13H,1-4H3,(H2,12,14). The Bertz CT molecular complexity index is 287. The second-order valence-electron chi connectivity index (χ2n) is 3.94. The van der Waals surface area contributed by atoms with Crippen LogP contribution in [0.2, 0.25) is 0 Å². The van der Waals surface area contributed by atoms with E-state index in [1.165, 1.54) is 5.56 Å². The second-order valence-corrected chi connectivity index (χ2v) is 3.94. The lowest BCUT2D eigenvalue weighted by molar-refractivity contribution is 0.442. The van der Waals surface area contributed by atoms with Gasteiger partial charge in [-0.05, 0) is 31.5 Å². The molecule has 0 spiro atoms. The SMILES string of the molecule is CNC(c1c(C)ccnc1N)C(C)C. The number of rotatable bonds is 3. The highest BCUT2D eigenvalue weighted by Gasteiger charge is 2.18. The molecule has 0 radical (unpaired) electrons. The molecule has 0 amide bonds. The lowest BCUT2D eigenvalue weighted by Gasteiger charge is -2.23. The van der Waals surface area contributed by atoms with Crippen LogP contribution in [0.3, 0.4) is 0 Å². The first kappa shape index (κ1) is 11.0. The summed E-state index contributed by atoms with van der Waals surface area (Å²) in [5, 5.41) is 3.28. The molecule has 0 aliphatic rings. The van der Waals surface area contributed by atoms with Crippen molar-refractivity contribution in [2.45, 2.75) is 26.8 Å². The summed E-state index contributed by atoms with van der Waals surface area (Å²) in [6.45, 7) is 6.42. The third-order valence-electron chi connectivity index (χ3n) is 2.53. The highest BCUT2D eigenvalue weighted by molar-refractivity contribution is 5.46. The van der Waals surface area contributed by atoms with E-state index in [4.69, 9.17) is 5.73 Å². The molecule has 0 aromatic carbocycles. The molecule has 1 unspecified atom stereocenters. The number of hydrogen-bond donors (Lipinski definition) is 2. The lowest BCUT2D eigenvalue weighted by Crippen LogP contribution is -2.24. The Labute approximate surface area is 85.7 Å². The van der Waals surface area contributed by atoms with Crippen molar-refractivity contribution in [3.05, 3.63) is 23.4 Å². The van der Waals surface area contributed by atoms with Gasteiger partial charge in [0.05, 0.1) is 0 Å². The second kappa shape index (κ2) is 4.42. The molecule has 78 valence electrons. The summed E-state index contributed by atoms with van der Waals surface area (Å²) in [5.41, 5.74) is 8.21. The summed E-state index contributed by atoms with van der Waals surface area (Å²) in [6.07, 6.45) is 1.75. The average molecular weight is 193 g/mol. The molecule has 0 saturated carbocycles. The molecule has 1 aromatic heterocycles. The van der Waals surface area contributed by atoms with Gasteiger partial charge in [-0.1, -0.05) is 13.8 Å². The van der Waals surface area contributed by atoms with E-state index in [0.29, 0.717) is 11.7 Å². The third kappa shape index (κ3) is 2.04. The molecule has 1 rings (SSSR count). The highest BCUT2D eigenvalue weighted by Crippen LogP contribution is 2.27. The number of nitrogens with zero attached hydrogens (tertiary/aromatic N) is 1. The molecule has 1 heterocycles. The summed E-state index contributed by atoms with van der Waals surface area (Å²) in [5.74, 6) is 1.14. The largest absolute Gasteiger partial charge is 0.383 e. The minimum Gasteiger partial charge on any atom is -0.383 e. The van der Waals surface area contributed by atoms with Gasteiger partial charge in [-0.25, -0.2) is 4.98 Å². The molecule has 0 aliphatic heterocycles. The summed E-state index contributed by atoms with van der Waals surface area (Å²) < 4.78 is 0. The van der Waals surface area contributed by atoms with Crippen LogP contribution in [0.4, 0.5) is 5.82 Å². The minimum atomic E-state index is 0.281. The van der Waals surface area contributed by atoms with Gasteiger partial charge in [-0.15, -0.1) is 0 Å². The van der Waals surface area contributed by atoms with Gasteiger partial charge in [0.1, 0.15) is 5.82 Å². The number of nitrogen functional groups attached to an aromatic ring is 1. The number of aryl methyl sites for hydroxylation is 1. The molecule has 0 fully saturated rings. The Morgan fingerprint density at radius 1 is 1.43 bits per heavy atom. The molecule has 3 nitrogen and oxygen atoms in total. The van der Waals surface area contributed by atoms with Crippen LogP contribution in [0.5, 0.6) is 0 Å². The zero-order chi connectivity index (χ0) is 10.7. The van der Waals surface area contributed by atoms with Crippen LogP contribution in [0, 0.1) is 12.8 Å². The van der Waals surface area contributed by atoms with Crippen molar-refractivity contribution in [1.82, 2.24) is 10.3 Å². The topological polar surface area (TPSA) is 50.9 Å². The normalized spacial score (nSPS) is 13.2. The number of nitrogens with two attached hydrogens (primary N) is 1. The van der Waals surface area contributed by atoms with Crippen molar-refractivity contribution in [2.24, 2.45) is 5.92 Å². The first-order valence-corrected chi connectivity index (χ1v) is 4.96. The lowest BCUT2D eigenvalue weighted by atomic mass is 9.93. The fourth-order valence-electron chi connectivity index (χ4n) is 1.81. The van der Waals surface area contributed by atoms with E-state index in [1.807, 2.05) is 13.1 Å². The number of hydrogen-bond acceptors (Lipinski definition) is 3. The number of anilines is 1. The van der Waals surface area contributed by atoms with E-state index in [-0.39, 0.29) is 6.04 Å². The maximum atomic E-state index is 5.88. The molecule has 0 aliphatic carbocycles. The summed E-state index contributed by atoms with van der Waals surface area (Å²) in [7, 11) is 1.95. The maximum absolute atomic E-state index is 5.88. The molecular weight excluding hydrogens is 174 g/mol. The summed E-state index contributed by atoms with van der Waals surface area (Å²) >= 11 is 0. The third-order valence-corrected chi connectivity index (χ3v) is 2.53. The van der Waals surface area contributed by atoms with Crippen molar-refractivity contribution >= 4 is 5.82 Å². The van der Waals surface area contributed by atoms with Crippen LogP contribution >= 0.6 is 0 Å². The van der Waals surface area contributed by atoms with Crippen molar-refractivity contribution in [3.8, 4) is 0 Å². The zero-order valence-electron chi connectivity index (χ0n) is 9.33. The maximum Gasteiger partial charge on any atom is 0.128 e. The molecule has 0 saturated heterocycles. The fraction of sp³-hybridized carbons (Fsp3) is 0.545. The minimum absolute atomic E-state index is 0.281. The number of pyridine rings is 1. The van der Waals surface area contributed by atoms with Gasteiger partial charge in [0.25, 0.3) is 0 Å². The van der Waals surface area contributed by atoms with E-state index in [9.17, 15) is 0 Å². The molecular formula is C11H19N3. The Balaban J connectivity index is 3.15. The van der Waals surface area contributed by atoms with Crippen LogP contribution in [-0.2, 0) is 0 Å². The average Bonchev–Trinajstić information content (AvgIpc) is 2.10. The summed E-state index contributed by atoms with van der Waals surface area (Å²) in [6, 6.07) is 2.28. The van der Waals surface area contributed by atoms with E-state index < -0.39 is 0 Å². The Morgan fingerprint density at radius 2 is 2.07 bits per heavy atom. The first-order valence-electron chi connectivity index (χ1n) is 4.96. The van der Waals surface area contributed by atoms with Crippen molar-refractivity contribution < 1.29 is 0 Å². The van der Waals surface area contributed by atoms with E-state index in [2.05, 4.69) is 31.1 Å². The van der Waals surface area contributed by atoms with E-state index in [0.717, 1.165) is 5.56 Å². The quantitative estimate of drug-likeness (QED) is 0.770. The van der Waals surface area contributed by atoms with Gasteiger partial charge in [0.15, 0.2) is 0 Å². The zero-order valence-corrected chi connectivity index (χ0v) is 9.33. The summed E-state index contributed by atoms with van der Waals surface area (Å²) in [4.78, 5) is 4.13. The molecule has 1 aromatic rings. The van der Waals surface area contributed by atoms with Gasteiger partial charge in [-0.3, -0.25) is 0 Å². The van der Waals surface area contributed by atoms with Crippen LogP contribution < -0.4 is 11.1 Å². The van der Waals surface area contributed by atoms with Crippen LogP contribution in [0.25, 0.3) is 0 Å². The van der Waals surface area contributed by atoms with Gasteiger partial charge in [-0.2, -0.15) is 0 Å². The van der Waals surface area contributed by atoms with Crippen LogP contribution in [0.15, 0.2) is 12.3 Å². The van der Waals surface area contributed by atoms with Gasteiger partial charge in [0.2, 0.25) is 0 Å². The van der Waals surface area contributed by atoms with E-state index in [1.54, 1.807) is 6.20 Å². The van der Waals surface area contributed by atoms with Gasteiger partial charge >= 0.3 is 0 Å². The predicted octanol–water partition coefficient (Wildman–Crippen LogP) is 1.89. The van der Waals surface area contributed by atoms with Crippen LogP contribution in [0.1, 0.15) is 31.0 Å². The molecule has 0 bridgehead atoms. The molecule has 3 N–H and O–H groups in total. The van der Waals surface area contributed by atoms with E-state index >= 15 is 0 Å². The smallest absolute Gasteiger partial charge is 0.128 e. The van der Waals surface area contributed by atoms with Crippen molar-refractivity contribution in [3.63, 3.8) is 0 Å². The monoisotopic (exact) mass is 193 g/mol. The van der Waals surface area contributed by atoms with Crippen molar-refractivity contribution in [1.29, 1.82) is 0 Å². The molecule has 14 heavy (non-hydrogen) atoms. The number of aromatic nitrogens is 1. The molecule has 3 heteroatoms. The van der Waals surface area contributed by atoms with Crippen molar-refractivity contribution in [2.75, 3.05) is 12.8 Å². The van der Waals surface area contributed by atoms with Gasteiger partial charge in [0, 0.05) is 17.8 Å². The van der Waals surface area contributed by atoms with Crippen LogP contribution in [-0.4, -0.2) is 12.0 Å². The predicted molar refractivity (Wildman–Crippen MR) is 60.0 cm³/mol. The Hall–Kier alpha value is -1.09. The molecule has 1 atom stereocenters. The van der Waals surface area contributed by atoms with Gasteiger partial charge < -0.3 is 11.1 Å². The highest BCUT2D eigenvalue weighted by atomic mass is 14.9. The Morgan fingerprint density at radius 3 is 2.50 bits per heavy atom. The Kier molecular flexibility index (Phi) is 3.47. The first-order chi connectivity index (χ1) is 6.57. The number of nitrogens with one attached hydrogen (secondary N) is 1.